The average molecular weight is 837 g/mol. The average Bonchev–Trinajstić information content (AvgIpc) is 3.72. The summed E-state index contributed by atoms with van der Waals surface area (Å²) in [6, 6.07) is 49.7. The van der Waals surface area contributed by atoms with Crippen LogP contribution in [0.25, 0.3) is 31.3 Å². The molecule has 0 saturated carbocycles. The first-order valence-corrected chi connectivity index (χ1v) is 24.0. The number of fused-ring (bicyclic) bond motifs is 10. The molecular formula is C59H57BN2S. The molecule has 8 aromatic rings. The number of anilines is 6. The Morgan fingerprint density at radius 1 is 0.460 bits per heavy atom. The summed E-state index contributed by atoms with van der Waals surface area (Å²) in [6.45, 7) is 24.5. The van der Waals surface area contributed by atoms with Crippen LogP contribution in [0.5, 0.6) is 0 Å². The normalized spacial score (nSPS) is 18.2. The smallest absolute Gasteiger partial charge is 0.252 e. The van der Waals surface area contributed by atoms with Gasteiger partial charge in [-0.2, -0.15) is 0 Å². The molecule has 4 aliphatic rings. The third-order valence-electron chi connectivity index (χ3n) is 15.9. The summed E-state index contributed by atoms with van der Waals surface area (Å²) < 4.78 is 2.69. The van der Waals surface area contributed by atoms with Crippen molar-refractivity contribution in [3.05, 3.63) is 161 Å². The zero-order valence-corrected chi connectivity index (χ0v) is 39.4. The molecule has 312 valence electrons. The van der Waals surface area contributed by atoms with Gasteiger partial charge < -0.3 is 9.80 Å². The Hall–Kier alpha value is -5.58. The van der Waals surface area contributed by atoms with E-state index in [1.807, 2.05) is 11.3 Å². The van der Waals surface area contributed by atoms with Crippen LogP contribution in [0, 0.1) is 13.8 Å². The number of hydrogen-bond acceptors (Lipinski definition) is 3. The topological polar surface area (TPSA) is 6.48 Å². The SMILES string of the molecule is Cc1cc2c(cc1N1c3cc4c(cc3B3c5ccc6c(sc7ccccc76)c5N(c5ccccc5C)c5cc(-c6ccccc6)cc1c53)C(C)(C)CC4(C)C)C(C)(C)CCC2(C)C. The molecule has 7 aromatic carbocycles. The maximum atomic E-state index is 2.73. The van der Waals surface area contributed by atoms with E-state index in [-0.39, 0.29) is 28.4 Å². The van der Waals surface area contributed by atoms with Gasteiger partial charge in [0, 0.05) is 43.9 Å². The Kier molecular flexibility index (Phi) is 8.06. The van der Waals surface area contributed by atoms with Crippen molar-refractivity contribution in [1.29, 1.82) is 0 Å². The van der Waals surface area contributed by atoms with Gasteiger partial charge in [-0.05, 0) is 152 Å². The zero-order valence-electron chi connectivity index (χ0n) is 38.6. The molecule has 0 fully saturated rings. The van der Waals surface area contributed by atoms with Crippen LogP contribution in [0.15, 0.2) is 127 Å². The van der Waals surface area contributed by atoms with E-state index >= 15 is 0 Å². The Morgan fingerprint density at radius 2 is 1.06 bits per heavy atom. The molecule has 63 heavy (non-hydrogen) atoms. The number of aryl methyl sites for hydroxylation is 2. The van der Waals surface area contributed by atoms with E-state index in [9.17, 15) is 0 Å². The van der Waals surface area contributed by atoms with Gasteiger partial charge in [0.1, 0.15) is 0 Å². The van der Waals surface area contributed by atoms with Crippen LogP contribution in [0.3, 0.4) is 0 Å². The van der Waals surface area contributed by atoms with Crippen molar-refractivity contribution in [3.63, 3.8) is 0 Å². The molecule has 0 spiro atoms. The summed E-state index contributed by atoms with van der Waals surface area (Å²) in [6.07, 6.45) is 3.50. The molecule has 12 rings (SSSR count). The van der Waals surface area contributed by atoms with Crippen LogP contribution >= 0.6 is 11.3 Å². The second kappa shape index (κ2) is 13.0. The molecule has 0 unspecified atom stereocenters. The fourth-order valence-corrected chi connectivity index (χ4v) is 14.0. The molecule has 2 aliphatic heterocycles. The fraction of sp³-hybridized carbons (Fsp3) is 0.288. The Labute approximate surface area is 378 Å². The summed E-state index contributed by atoms with van der Waals surface area (Å²) >= 11 is 1.95. The summed E-state index contributed by atoms with van der Waals surface area (Å²) in [7, 11) is 0. The molecule has 0 bridgehead atoms. The fourth-order valence-electron chi connectivity index (χ4n) is 12.8. The molecule has 0 atom stereocenters. The van der Waals surface area contributed by atoms with E-state index in [0.29, 0.717) is 0 Å². The first-order chi connectivity index (χ1) is 30.0. The maximum Gasteiger partial charge on any atom is 0.252 e. The van der Waals surface area contributed by atoms with Crippen molar-refractivity contribution in [1.82, 2.24) is 0 Å². The van der Waals surface area contributed by atoms with Crippen LogP contribution < -0.4 is 26.2 Å². The van der Waals surface area contributed by atoms with Crippen LogP contribution in [-0.4, -0.2) is 6.71 Å². The molecule has 0 radical (unpaired) electrons. The van der Waals surface area contributed by atoms with Crippen LogP contribution in [0.1, 0.15) is 108 Å². The number of hydrogen-bond donors (Lipinski definition) is 0. The summed E-state index contributed by atoms with van der Waals surface area (Å²) in [5.41, 5.74) is 23.3. The van der Waals surface area contributed by atoms with Gasteiger partial charge in [-0.25, -0.2) is 0 Å². The lowest BCUT2D eigenvalue weighted by atomic mass is 9.33. The predicted molar refractivity (Wildman–Crippen MR) is 274 cm³/mol. The molecular weight excluding hydrogens is 780 g/mol. The minimum atomic E-state index is 0.0362. The first kappa shape index (κ1) is 39.0. The first-order valence-electron chi connectivity index (χ1n) is 23.2. The number of para-hydroxylation sites is 1. The highest BCUT2D eigenvalue weighted by molar-refractivity contribution is 7.26. The lowest BCUT2D eigenvalue weighted by molar-refractivity contribution is 0.332. The van der Waals surface area contributed by atoms with Crippen LogP contribution in [0.4, 0.5) is 34.1 Å². The zero-order chi connectivity index (χ0) is 43.5. The van der Waals surface area contributed by atoms with Gasteiger partial charge in [0.15, 0.2) is 0 Å². The molecule has 4 heteroatoms. The minimum Gasteiger partial charge on any atom is -0.311 e. The predicted octanol–water partition coefficient (Wildman–Crippen LogP) is 14.7. The van der Waals surface area contributed by atoms with E-state index in [1.54, 1.807) is 0 Å². The van der Waals surface area contributed by atoms with Gasteiger partial charge in [0.2, 0.25) is 0 Å². The van der Waals surface area contributed by atoms with Gasteiger partial charge in [-0.1, -0.05) is 146 Å². The van der Waals surface area contributed by atoms with Crippen molar-refractivity contribution < 1.29 is 0 Å². The Balaban J connectivity index is 1.26. The third kappa shape index (κ3) is 5.49. The summed E-state index contributed by atoms with van der Waals surface area (Å²) in [4.78, 5) is 5.39. The van der Waals surface area contributed by atoms with Gasteiger partial charge in [-0.3, -0.25) is 0 Å². The van der Waals surface area contributed by atoms with Crippen molar-refractivity contribution in [3.8, 4) is 11.1 Å². The summed E-state index contributed by atoms with van der Waals surface area (Å²) in [5.74, 6) is 0. The van der Waals surface area contributed by atoms with E-state index in [2.05, 4.69) is 206 Å². The highest BCUT2D eigenvalue weighted by atomic mass is 32.1. The third-order valence-corrected chi connectivity index (χ3v) is 17.1. The minimum absolute atomic E-state index is 0.0362. The molecule has 0 N–H and O–H groups in total. The van der Waals surface area contributed by atoms with Gasteiger partial charge in [-0.15, -0.1) is 11.3 Å². The van der Waals surface area contributed by atoms with Crippen molar-refractivity contribution >= 4 is 88.7 Å². The largest absolute Gasteiger partial charge is 0.311 e. The highest BCUT2D eigenvalue weighted by Gasteiger charge is 2.49. The quantitative estimate of drug-likeness (QED) is 0.164. The van der Waals surface area contributed by atoms with E-state index < -0.39 is 0 Å². The van der Waals surface area contributed by atoms with Crippen LogP contribution in [0.2, 0.25) is 0 Å². The second-order valence-electron chi connectivity index (χ2n) is 22.0. The molecule has 2 nitrogen and oxygen atoms in total. The Morgan fingerprint density at radius 3 is 1.79 bits per heavy atom. The number of nitrogens with zero attached hydrogens (tertiary/aromatic N) is 2. The van der Waals surface area contributed by atoms with E-state index in [0.717, 1.165) is 6.42 Å². The van der Waals surface area contributed by atoms with Crippen molar-refractivity contribution in [2.75, 3.05) is 9.80 Å². The second-order valence-corrected chi connectivity index (χ2v) is 23.1. The van der Waals surface area contributed by atoms with E-state index in [4.69, 9.17) is 0 Å². The lowest BCUT2D eigenvalue weighted by Gasteiger charge is -2.47. The number of benzene rings is 7. The van der Waals surface area contributed by atoms with Crippen LogP contribution in [-0.2, 0) is 21.7 Å². The van der Waals surface area contributed by atoms with Gasteiger partial charge in [0.05, 0.1) is 10.4 Å². The molecule has 1 aromatic heterocycles. The monoisotopic (exact) mass is 836 g/mol. The lowest BCUT2D eigenvalue weighted by Crippen LogP contribution is -2.61. The number of thiophene rings is 1. The highest BCUT2D eigenvalue weighted by Crippen LogP contribution is 2.56. The molecule has 0 saturated heterocycles. The van der Waals surface area contributed by atoms with Crippen molar-refractivity contribution in [2.24, 2.45) is 0 Å². The molecule has 3 heterocycles. The van der Waals surface area contributed by atoms with Crippen molar-refractivity contribution in [2.45, 2.75) is 110 Å². The molecule has 2 aliphatic carbocycles. The Bertz CT molecular complexity index is 3260. The maximum absolute atomic E-state index is 2.73. The van der Waals surface area contributed by atoms with E-state index in [1.165, 1.54) is 128 Å². The van der Waals surface area contributed by atoms with Gasteiger partial charge >= 0.3 is 0 Å². The summed E-state index contributed by atoms with van der Waals surface area (Å²) in [5, 5.41) is 2.67. The standard InChI is InChI=1S/C59H57BN2S/c1-35-18-14-16-22-47(35)62-51-30-38(37-19-12-11-13-20-37)29-50-53(51)60(45-25-24-40-39-21-15-17-23-52(39)63-55(40)54(45)62)46-31-42-44(59(9,10)34-58(42,7)8)33-49(46)61(50)48-32-43-41(28-36(48)2)56(3,4)26-27-57(43,5)6/h11-25,28-33H,26-27,34H2,1-10H3. The van der Waals surface area contributed by atoms with Gasteiger partial charge in [0.25, 0.3) is 6.71 Å². The molecule has 0 amide bonds. The number of rotatable bonds is 3.